The number of ketones is 1. The van der Waals surface area contributed by atoms with Crippen molar-refractivity contribution in [2.24, 2.45) is 0 Å². The number of carbonyl (C=O) groups is 1. The number of fused-ring (bicyclic) bond motifs is 1. The van der Waals surface area contributed by atoms with Crippen LogP contribution in [0.3, 0.4) is 0 Å². The van der Waals surface area contributed by atoms with Crippen molar-refractivity contribution in [3.05, 3.63) is 132 Å². The van der Waals surface area contributed by atoms with Crippen LogP contribution in [-0.2, 0) is 31.8 Å². The molecule has 5 aromatic rings. The summed E-state index contributed by atoms with van der Waals surface area (Å²) in [6, 6.07) is 32.3. The molecule has 0 saturated carbocycles. The zero-order valence-electron chi connectivity index (χ0n) is 24.1. The lowest BCUT2D eigenvalue weighted by molar-refractivity contribution is 0.0959. The lowest BCUT2D eigenvalue weighted by Crippen LogP contribution is -2.28. The van der Waals surface area contributed by atoms with Crippen molar-refractivity contribution in [1.29, 1.82) is 0 Å². The molecule has 0 radical (unpaired) electrons. The van der Waals surface area contributed by atoms with Gasteiger partial charge >= 0.3 is 0 Å². The van der Waals surface area contributed by atoms with E-state index in [1.165, 1.54) is 6.26 Å². The summed E-state index contributed by atoms with van der Waals surface area (Å²) in [5.41, 5.74) is 5.65. The highest BCUT2D eigenvalue weighted by Crippen LogP contribution is 2.37. The van der Waals surface area contributed by atoms with Crippen LogP contribution in [0.2, 0.25) is 0 Å². The molecule has 7 heteroatoms. The molecule has 5 nitrogen and oxygen atoms in total. The summed E-state index contributed by atoms with van der Waals surface area (Å²) in [7, 11) is -4.51. The number of sulfone groups is 1. The van der Waals surface area contributed by atoms with Crippen LogP contribution in [0.15, 0.2) is 114 Å². The minimum Gasteiger partial charge on any atom is -0.293 e. The molecule has 0 aliphatic heterocycles. The van der Waals surface area contributed by atoms with E-state index < -0.39 is 31.3 Å². The number of aromatic nitrogens is 1. The van der Waals surface area contributed by atoms with Gasteiger partial charge in [-0.2, -0.15) is 0 Å². The Balaban J connectivity index is 1.60. The van der Waals surface area contributed by atoms with Crippen LogP contribution < -0.4 is 0 Å². The molecule has 214 valence electrons. The van der Waals surface area contributed by atoms with Gasteiger partial charge in [-0.1, -0.05) is 72.8 Å². The second kappa shape index (κ2) is 11.7. The van der Waals surface area contributed by atoms with E-state index in [9.17, 15) is 17.4 Å². The second-order valence-corrected chi connectivity index (χ2v) is 15.0. The van der Waals surface area contributed by atoms with Crippen molar-refractivity contribution < 1.29 is 17.4 Å². The van der Waals surface area contributed by atoms with E-state index in [1.807, 2.05) is 97.1 Å². The van der Waals surface area contributed by atoms with Crippen LogP contribution in [-0.4, -0.2) is 35.9 Å². The van der Waals surface area contributed by atoms with Gasteiger partial charge in [-0.25, -0.2) is 8.42 Å². The Morgan fingerprint density at radius 2 is 1.60 bits per heavy atom. The minimum absolute atomic E-state index is 0.00962. The lowest BCUT2D eigenvalue weighted by Gasteiger charge is -2.24. The number of rotatable bonds is 9. The number of pyridine rings is 1. The van der Waals surface area contributed by atoms with Gasteiger partial charge in [-0.3, -0.25) is 14.0 Å². The molecule has 0 aliphatic carbocycles. The van der Waals surface area contributed by atoms with E-state index in [1.54, 1.807) is 26.3 Å². The van der Waals surface area contributed by atoms with E-state index in [0.29, 0.717) is 22.4 Å². The van der Waals surface area contributed by atoms with E-state index >= 15 is 0 Å². The zero-order chi connectivity index (χ0) is 30.1. The summed E-state index contributed by atoms with van der Waals surface area (Å²) >= 11 is 0. The molecule has 0 N–H and O–H groups in total. The molecule has 0 aliphatic rings. The van der Waals surface area contributed by atoms with Gasteiger partial charge in [-0.05, 0) is 72.9 Å². The predicted octanol–water partition coefficient (Wildman–Crippen LogP) is 7.13. The second-order valence-electron chi connectivity index (χ2n) is 11.1. The summed E-state index contributed by atoms with van der Waals surface area (Å²) in [4.78, 5) is 19.2. The molecule has 4 aromatic carbocycles. The largest absolute Gasteiger partial charge is 0.293 e. The molecule has 2 unspecified atom stereocenters. The Morgan fingerprint density at radius 1 is 0.881 bits per heavy atom. The molecular formula is C35H33NO4S2. The maximum Gasteiger partial charge on any atom is 0.170 e. The number of nitrogens with zero attached hydrogens (tertiary/aromatic N) is 1. The summed E-state index contributed by atoms with van der Waals surface area (Å²) in [6.07, 6.45) is 5.08. The highest BCUT2D eigenvalue weighted by Gasteiger charge is 2.33. The molecule has 2 atom stereocenters. The Kier molecular flexibility index (Phi) is 8.26. The van der Waals surface area contributed by atoms with Crippen LogP contribution in [0.25, 0.3) is 22.0 Å². The fourth-order valence-corrected chi connectivity index (χ4v) is 6.20. The summed E-state index contributed by atoms with van der Waals surface area (Å²) in [5.74, 6) is -0.442. The number of benzene rings is 4. The SMILES string of the molecule is CS(=O)c1ccc(C(Cc2cccc(-c3cc(C(C)(C)S(C)(=O)=O)cc4cccnc34)c2)C(=O)c2ccccc2)cc1. The molecule has 42 heavy (non-hydrogen) atoms. The third-order valence-electron chi connectivity index (χ3n) is 7.99. The number of Topliss-reactive ketones (excluding diaryl/α,β-unsaturated/α-hetero) is 1. The molecule has 0 fully saturated rings. The van der Waals surface area contributed by atoms with Gasteiger partial charge in [0.25, 0.3) is 0 Å². The summed E-state index contributed by atoms with van der Waals surface area (Å²) in [5, 5.41) is 0.859. The minimum atomic E-state index is -3.40. The third kappa shape index (κ3) is 5.98. The molecule has 5 rings (SSSR count). The first-order valence-electron chi connectivity index (χ1n) is 13.7. The van der Waals surface area contributed by atoms with Crippen LogP contribution in [0.4, 0.5) is 0 Å². The fraction of sp³-hybridized carbons (Fsp3) is 0.200. The molecule has 0 amide bonds. The van der Waals surface area contributed by atoms with Gasteiger partial charge < -0.3 is 0 Å². The van der Waals surface area contributed by atoms with Crippen LogP contribution >= 0.6 is 0 Å². The molecule has 0 spiro atoms. The van der Waals surface area contributed by atoms with E-state index in [2.05, 4.69) is 11.1 Å². The van der Waals surface area contributed by atoms with Crippen LogP contribution in [0.5, 0.6) is 0 Å². The Morgan fingerprint density at radius 3 is 2.26 bits per heavy atom. The summed E-state index contributed by atoms with van der Waals surface area (Å²) < 4.78 is 36.3. The quantitative estimate of drug-likeness (QED) is 0.169. The van der Waals surface area contributed by atoms with Crippen molar-refractivity contribution in [2.75, 3.05) is 12.5 Å². The van der Waals surface area contributed by atoms with Gasteiger partial charge in [0.15, 0.2) is 15.6 Å². The maximum atomic E-state index is 13.8. The van der Waals surface area contributed by atoms with Crippen molar-refractivity contribution >= 4 is 37.3 Å². The Labute approximate surface area is 250 Å². The van der Waals surface area contributed by atoms with Crippen molar-refractivity contribution in [1.82, 2.24) is 4.98 Å². The van der Waals surface area contributed by atoms with Gasteiger partial charge in [0.1, 0.15) is 0 Å². The smallest absolute Gasteiger partial charge is 0.170 e. The monoisotopic (exact) mass is 595 g/mol. The number of hydrogen-bond acceptors (Lipinski definition) is 5. The Hall–Kier alpha value is -3.94. The first-order valence-corrected chi connectivity index (χ1v) is 17.1. The van der Waals surface area contributed by atoms with E-state index in [-0.39, 0.29) is 5.78 Å². The average molecular weight is 596 g/mol. The molecule has 1 aromatic heterocycles. The van der Waals surface area contributed by atoms with Gasteiger partial charge in [0.05, 0.1) is 16.2 Å². The van der Waals surface area contributed by atoms with Crippen molar-refractivity contribution in [3.63, 3.8) is 0 Å². The third-order valence-corrected chi connectivity index (χ3v) is 11.0. The van der Waals surface area contributed by atoms with E-state index in [4.69, 9.17) is 0 Å². The average Bonchev–Trinajstić information content (AvgIpc) is 2.99. The highest BCUT2D eigenvalue weighted by atomic mass is 32.2. The maximum absolute atomic E-state index is 13.8. The predicted molar refractivity (Wildman–Crippen MR) is 171 cm³/mol. The topological polar surface area (TPSA) is 81.2 Å². The Bertz CT molecular complexity index is 1900. The van der Waals surface area contributed by atoms with Gasteiger partial charge in [0.2, 0.25) is 0 Å². The van der Waals surface area contributed by atoms with Crippen LogP contribution in [0.1, 0.15) is 46.8 Å². The normalized spacial score (nSPS) is 13.5. The number of hydrogen-bond donors (Lipinski definition) is 0. The van der Waals surface area contributed by atoms with Crippen molar-refractivity contribution in [3.8, 4) is 11.1 Å². The van der Waals surface area contributed by atoms with E-state index in [0.717, 1.165) is 33.2 Å². The highest BCUT2D eigenvalue weighted by molar-refractivity contribution is 7.91. The zero-order valence-corrected chi connectivity index (χ0v) is 25.7. The lowest BCUT2D eigenvalue weighted by atomic mass is 9.85. The molecule has 0 bridgehead atoms. The number of carbonyl (C=O) groups excluding carboxylic acids is 1. The van der Waals surface area contributed by atoms with Crippen LogP contribution in [0, 0.1) is 0 Å². The molecule has 1 heterocycles. The first kappa shape index (κ1) is 29.5. The van der Waals surface area contributed by atoms with Gasteiger partial charge in [-0.15, -0.1) is 0 Å². The molecular weight excluding hydrogens is 563 g/mol. The summed E-state index contributed by atoms with van der Waals surface area (Å²) in [6.45, 7) is 3.44. The standard InChI is InChI=1S/C35H33NO4S2/c1-35(2,42(4,39)40)29-22-28-14-9-19-36-33(28)31(23-29)27-13-8-10-24(20-27)21-32(34(37)26-11-6-5-7-12-26)25-15-17-30(18-16-25)41(3)38/h5-20,22-23,32H,21H2,1-4H3. The fourth-order valence-electron chi connectivity index (χ4n) is 5.13. The van der Waals surface area contributed by atoms with Crippen molar-refractivity contribution in [2.45, 2.75) is 35.8 Å². The van der Waals surface area contributed by atoms with Gasteiger partial charge in [0, 0.05) is 50.9 Å². The molecule has 0 saturated heterocycles. The first-order chi connectivity index (χ1) is 20.0.